The van der Waals surface area contributed by atoms with Gasteiger partial charge >= 0.3 is 0 Å². The van der Waals surface area contributed by atoms with Gasteiger partial charge in [-0.25, -0.2) is 0 Å². The maximum absolute atomic E-state index is 6.86. The van der Waals surface area contributed by atoms with Gasteiger partial charge in [0.25, 0.3) is 0 Å². The molecule has 246 valence electrons. The van der Waals surface area contributed by atoms with Crippen LogP contribution in [0.15, 0.2) is 164 Å². The van der Waals surface area contributed by atoms with E-state index in [1.165, 1.54) is 71.3 Å². The van der Waals surface area contributed by atoms with Crippen molar-refractivity contribution in [3.63, 3.8) is 0 Å². The Morgan fingerprint density at radius 1 is 0.481 bits per heavy atom. The van der Waals surface area contributed by atoms with Crippen LogP contribution in [0.25, 0.3) is 76.4 Å². The minimum Gasteiger partial charge on any atom is -0.324 e. The Hall–Kier alpha value is -6.16. The van der Waals surface area contributed by atoms with Crippen molar-refractivity contribution in [1.29, 1.82) is 0 Å². The smallest absolute Gasteiger partial charge is 0.0970 e. The van der Waals surface area contributed by atoms with Crippen LogP contribution in [0.5, 0.6) is 0 Å². The summed E-state index contributed by atoms with van der Waals surface area (Å²) in [6.45, 7) is 0. The third-order valence-electron chi connectivity index (χ3n) is 12.0. The summed E-state index contributed by atoms with van der Waals surface area (Å²) < 4.78 is 0. The molecule has 2 bridgehead atoms. The van der Waals surface area contributed by atoms with Crippen LogP contribution in [0.2, 0.25) is 0 Å². The molecule has 52 heavy (non-hydrogen) atoms. The predicted octanol–water partition coefficient (Wildman–Crippen LogP) is 11.7. The number of benzene rings is 7. The molecule has 0 spiro atoms. The Kier molecular flexibility index (Phi) is 6.50. The second-order valence-electron chi connectivity index (χ2n) is 14.6. The van der Waals surface area contributed by atoms with Crippen molar-refractivity contribution in [2.45, 2.75) is 24.3 Å². The van der Waals surface area contributed by atoms with E-state index in [1.54, 1.807) is 0 Å². The average molecular weight is 666 g/mol. The Morgan fingerprint density at radius 3 is 1.83 bits per heavy atom. The minimum atomic E-state index is 0.0275. The number of aromatic nitrogens is 2. The van der Waals surface area contributed by atoms with Crippen LogP contribution >= 0.6 is 0 Å². The quantitative estimate of drug-likeness (QED) is 0.151. The number of hydrogen-bond acceptors (Lipinski definition) is 3. The maximum atomic E-state index is 6.86. The molecule has 3 heteroatoms. The Labute approximate surface area is 302 Å². The van der Waals surface area contributed by atoms with Crippen LogP contribution in [0.4, 0.5) is 0 Å². The molecule has 2 aliphatic rings. The molecule has 2 heterocycles. The molecule has 2 aliphatic carbocycles. The van der Waals surface area contributed by atoms with E-state index in [9.17, 15) is 0 Å². The Morgan fingerprint density at radius 2 is 1.08 bits per heavy atom. The van der Waals surface area contributed by atoms with Crippen molar-refractivity contribution in [3.05, 3.63) is 181 Å². The lowest BCUT2D eigenvalue weighted by molar-refractivity contribution is 0.390. The SMILES string of the molecule is NC1C=CC2CC1c1c(c3ccccc3c3ccccc13)[C@H]2c1ccc(-c2ccc(-c3cc4cccnc4c4ncccc34)c3ccccc23)cc1. The lowest BCUT2D eigenvalue weighted by Gasteiger charge is -2.43. The van der Waals surface area contributed by atoms with Gasteiger partial charge in [-0.15, -0.1) is 0 Å². The molecule has 9 aromatic rings. The summed E-state index contributed by atoms with van der Waals surface area (Å²) in [6.07, 6.45) is 9.45. The molecule has 7 aromatic carbocycles. The van der Waals surface area contributed by atoms with E-state index in [0.717, 1.165) is 28.2 Å². The first-order valence-electron chi connectivity index (χ1n) is 18.3. The standard InChI is InChI=1S/C49H35N3/c50-44-24-21-31-27-43(44)46-39-14-5-3-12-36(39)37-13-4-6-15-40(37)47(46)45(31)30-19-17-29(18-20-30)33-22-23-38(35-11-2-1-10-34(33)35)42-28-32-9-7-25-51-48(32)49-41(42)16-8-26-52-49/h1-26,28,31,43-45H,27,50H2/t31?,43?,44?,45-/m0/s1. The van der Waals surface area contributed by atoms with Gasteiger partial charge in [0.05, 0.1) is 11.0 Å². The van der Waals surface area contributed by atoms with E-state index in [1.807, 2.05) is 24.5 Å². The van der Waals surface area contributed by atoms with Crippen molar-refractivity contribution >= 4 is 54.1 Å². The third kappa shape index (κ3) is 4.30. The molecular formula is C49H35N3. The number of nitrogens with two attached hydrogens (primary N) is 1. The summed E-state index contributed by atoms with van der Waals surface area (Å²) in [7, 11) is 0. The number of nitrogens with zero attached hydrogens (tertiary/aromatic N) is 2. The van der Waals surface area contributed by atoms with Crippen LogP contribution in [-0.4, -0.2) is 16.0 Å². The first-order chi connectivity index (χ1) is 25.7. The number of fused-ring (bicyclic) bond motifs is 13. The van der Waals surface area contributed by atoms with Crippen molar-refractivity contribution in [2.24, 2.45) is 11.7 Å². The molecule has 2 N–H and O–H groups in total. The van der Waals surface area contributed by atoms with Gasteiger partial charge in [-0.1, -0.05) is 133 Å². The molecule has 0 saturated heterocycles. The highest BCUT2D eigenvalue weighted by atomic mass is 14.7. The minimum absolute atomic E-state index is 0.0275. The van der Waals surface area contributed by atoms with Crippen LogP contribution < -0.4 is 5.73 Å². The number of allylic oxidation sites excluding steroid dienone is 1. The Bertz CT molecular complexity index is 2920. The molecule has 3 nitrogen and oxygen atoms in total. The van der Waals surface area contributed by atoms with Gasteiger partial charge in [0.2, 0.25) is 0 Å². The van der Waals surface area contributed by atoms with Gasteiger partial charge in [-0.05, 0) is 102 Å². The summed E-state index contributed by atoms with van der Waals surface area (Å²) in [5.41, 5.74) is 17.8. The van der Waals surface area contributed by atoms with Crippen LogP contribution in [-0.2, 0) is 0 Å². The number of hydrogen-bond donors (Lipinski definition) is 1. The van der Waals surface area contributed by atoms with Crippen LogP contribution in [0.1, 0.15) is 34.9 Å². The first kappa shape index (κ1) is 29.6. The monoisotopic (exact) mass is 665 g/mol. The van der Waals surface area contributed by atoms with Gasteiger partial charge in [0.1, 0.15) is 0 Å². The topological polar surface area (TPSA) is 51.8 Å². The molecule has 4 atom stereocenters. The predicted molar refractivity (Wildman–Crippen MR) is 217 cm³/mol. The van der Waals surface area contributed by atoms with E-state index in [2.05, 4.69) is 140 Å². The first-order valence-corrected chi connectivity index (χ1v) is 18.3. The van der Waals surface area contributed by atoms with Gasteiger partial charge in [-0.3, -0.25) is 9.97 Å². The number of pyridine rings is 2. The van der Waals surface area contributed by atoms with Crippen molar-refractivity contribution in [1.82, 2.24) is 9.97 Å². The maximum Gasteiger partial charge on any atom is 0.0970 e. The second kappa shape index (κ2) is 11.4. The largest absolute Gasteiger partial charge is 0.324 e. The van der Waals surface area contributed by atoms with E-state index >= 15 is 0 Å². The van der Waals surface area contributed by atoms with E-state index in [4.69, 9.17) is 15.7 Å². The zero-order valence-corrected chi connectivity index (χ0v) is 28.6. The fraction of sp³-hybridized carbons (Fsp3) is 0.102. The van der Waals surface area contributed by atoms with E-state index in [-0.39, 0.29) is 12.0 Å². The third-order valence-corrected chi connectivity index (χ3v) is 12.0. The molecule has 0 fully saturated rings. The van der Waals surface area contributed by atoms with Gasteiger partial charge in [-0.2, -0.15) is 0 Å². The average Bonchev–Trinajstić information content (AvgIpc) is 3.21. The van der Waals surface area contributed by atoms with Crippen molar-refractivity contribution in [2.75, 3.05) is 0 Å². The molecule has 2 aromatic heterocycles. The van der Waals surface area contributed by atoms with Crippen molar-refractivity contribution in [3.8, 4) is 22.3 Å². The highest BCUT2D eigenvalue weighted by Gasteiger charge is 2.41. The zero-order valence-electron chi connectivity index (χ0n) is 28.6. The molecule has 0 radical (unpaired) electrons. The molecule has 0 saturated carbocycles. The summed E-state index contributed by atoms with van der Waals surface area (Å²) >= 11 is 0. The molecule has 11 rings (SSSR count). The Balaban J connectivity index is 1.07. The van der Waals surface area contributed by atoms with E-state index < -0.39 is 0 Å². The highest BCUT2D eigenvalue weighted by Crippen LogP contribution is 2.54. The number of rotatable bonds is 3. The summed E-state index contributed by atoms with van der Waals surface area (Å²) in [5, 5.41) is 10.0. The summed E-state index contributed by atoms with van der Waals surface area (Å²) in [6, 6.07) is 51.4. The van der Waals surface area contributed by atoms with Crippen LogP contribution in [0, 0.1) is 5.92 Å². The summed E-state index contributed by atoms with van der Waals surface area (Å²) in [5.74, 6) is 0.961. The lowest BCUT2D eigenvalue weighted by atomic mass is 9.61. The molecule has 3 unspecified atom stereocenters. The summed E-state index contributed by atoms with van der Waals surface area (Å²) in [4.78, 5) is 9.47. The fourth-order valence-electron chi connectivity index (χ4n) is 9.71. The normalized spacial score (nSPS) is 19.5. The van der Waals surface area contributed by atoms with Gasteiger partial charge in [0.15, 0.2) is 0 Å². The lowest BCUT2D eigenvalue weighted by Crippen LogP contribution is -2.37. The van der Waals surface area contributed by atoms with Gasteiger partial charge in [0, 0.05) is 41.0 Å². The zero-order chi connectivity index (χ0) is 34.3. The van der Waals surface area contributed by atoms with Crippen molar-refractivity contribution < 1.29 is 0 Å². The fourth-order valence-corrected chi connectivity index (χ4v) is 9.71. The highest BCUT2D eigenvalue weighted by molar-refractivity contribution is 6.15. The van der Waals surface area contributed by atoms with Gasteiger partial charge < -0.3 is 5.73 Å². The van der Waals surface area contributed by atoms with Crippen LogP contribution in [0.3, 0.4) is 0 Å². The molecule has 0 amide bonds. The molecular weight excluding hydrogens is 631 g/mol. The van der Waals surface area contributed by atoms with E-state index in [0.29, 0.717) is 11.8 Å². The second-order valence-corrected chi connectivity index (χ2v) is 14.6. The molecule has 0 aliphatic heterocycles.